The molecular weight excluding hydrogens is 522 g/mol. The molecule has 0 spiro atoms. The van der Waals surface area contributed by atoms with Gasteiger partial charge < -0.3 is 14.4 Å². The zero-order valence-electron chi connectivity index (χ0n) is 22.7. The summed E-state index contributed by atoms with van der Waals surface area (Å²) in [5, 5.41) is 5.19. The quantitative estimate of drug-likeness (QED) is 0.301. The van der Waals surface area contributed by atoms with Gasteiger partial charge in [0.25, 0.3) is 0 Å². The number of thiazole rings is 1. The van der Waals surface area contributed by atoms with E-state index in [1.165, 1.54) is 16.2 Å². The maximum Gasteiger partial charge on any atom is 0.326 e. The Labute approximate surface area is 233 Å². The van der Waals surface area contributed by atoms with Gasteiger partial charge in [0.05, 0.1) is 29.1 Å². The highest BCUT2D eigenvalue weighted by atomic mass is 32.2. The Morgan fingerprint density at radius 2 is 2.00 bits per heavy atom. The molecule has 1 aromatic heterocycles. The SMILES string of the molecule is CCCCOC(=O)C(CCc1ccccc1)NC1CSC(c2cscn2)CN(CC(=O)OC(C)(C)C)C1=O. The average Bonchev–Trinajstić information content (AvgIpc) is 3.36. The summed E-state index contributed by atoms with van der Waals surface area (Å²) < 4.78 is 11.1. The van der Waals surface area contributed by atoms with Crippen molar-refractivity contribution in [3.8, 4) is 0 Å². The minimum absolute atomic E-state index is 0.0845. The first-order valence-corrected chi connectivity index (χ1v) is 15.1. The third-order valence-corrected chi connectivity index (χ3v) is 7.90. The number of hydrogen-bond donors (Lipinski definition) is 1. The van der Waals surface area contributed by atoms with Crippen LogP contribution in [0.1, 0.15) is 63.5 Å². The Morgan fingerprint density at radius 3 is 2.66 bits per heavy atom. The highest BCUT2D eigenvalue weighted by molar-refractivity contribution is 7.99. The number of ether oxygens (including phenoxy) is 2. The Kier molecular flexibility index (Phi) is 11.6. The van der Waals surface area contributed by atoms with E-state index in [-0.39, 0.29) is 23.7 Å². The number of esters is 2. The summed E-state index contributed by atoms with van der Waals surface area (Å²) in [5.41, 5.74) is 3.10. The number of rotatable bonds is 12. The van der Waals surface area contributed by atoms with E-state index >= 15 is 0 Å². The van der Waals surface area contributed by atoms with Gasteiger partial charge in [0.2, 0.25) is 5.91 Å². The molecule has 1 fully saturated rings. The number of nitrogens with zero attached hydrogens (tertiary/aromatic N) is 2. The van der Waals surface area contributed by atoms with Gasteiger partial charge in [-0.1, -0.05) is 43.7 Å². The monoisotopic (exact) mass is 561 g/mol. The molecule has 1 aliphatic rings. The van der Waals surface area contributed by atoms with Crippen LogP contribution in [0.4, 0.5) is 0 Å². The van der Waals surface area contributed by atoms with Gasteiger partial charge in [-0.2, -0.15) is 0 Å². The number of aromatic nitrogens is 1. The van der Waals surface area contributed by atoms with Crippen LogP contribution >= 0.6 is 23.1 Å². The van der Waals surface area contributed by atoms with Gasteiger partial charge in [-0.15, -0.1) is 23.1 Å². The summed E-state index contributed by atoms with van der Waals surface area (Å²) in [6, 6.07) is 8.62. The Hall–Kier alpha value is -2.43. The smallest absolute Gasteiger partial charge is 0.326 e. The van der Waals surface area contributed by atoms with Crippen molar-refractivity contribution in [2.75, 3.05) is 25.4 Å². The minimum Gasteiger partial charge on any atom is -0.465 e. The lowest BCUT2D eigenvalue weighted by Gasteiger charge is -2.28. The van der Waals surface area contributed by atoms with E-state index in [0.29, 0.717) is 31.7 Å². The molecule has 2 heterocycles. The van der Waals surface area contributed by atoms with Gasteiger partial charge in [-0.25, -0.2) is 4.98 Å². The molecule has 10 heteroatoms. The number of hydrogen-bond acceptors (Lipinski definition) is 9. The van der Waals surface area contributed by atoms with Gasteiger partial charge in [0.15, 0.2) is 0 Å². The molecule has 1 amide bonds. The molecule has 8 nitrogen and oxygen atoms in total. The van der Waals surface area contributed by atoms with Crippen LogP contribution in [0, 0.1) is 0 Å². The standard InChI is InChI=1S/C28H39N3O5S2/c1-5-6-14-35-27(34)21(13-12-20-10-8-7-9-11-20)30-23-18-38-24(22-17-37-19-29-22)15-31(26(23)33)16-25(32)36-28(2,3)4/h7-11,17,19,21,23-24,30H,5-6,12-16,18H2,1-4H3. The van der Waals surface area contributed by atoms with E-state index in [1.54, 1.807) is 38.0 Å². The van der Waals surface area contributed by atoms with Crippen molar-refractivity contribution >= 4 is 40.9 Å². The molecule has 38 heavy (non-hydrogen) atoms. The fourth-order valence-electron chi connectivity index (χ4n) is 4.08. The fourth-order valence-corrected chi connectivity index (χ4v) is 6.03. The highest BCUT2D eigenvalue weighted by Gasteiger charge is 2.37. The highest BCUT2D eigenvalue weighted by Crippen LogP contribution is 2.33. The molecule has 1 aliphatic heterocycles. The summed E-state index contributed by atoms with van der Waals surface area (Å²) in [4.78, 5) is 45.5. The number of thioether (sulfide) groups is 1. The van der Waals surface area contributed by atoms with E-state index in [4.69, 9.17) is 9.47 Å². The van der Waals surface area contributed by atoms with Crippen LogP contribution in [-0.4, -0.2) is 70.9 Å². The van der Waals surface area contributed by atoms with Crippen LogP contribution in [0.15, 0.2) is 41.2 Å². The summed E-state index contributed by atoms with van der Waals surface area (Å²) in [6.45, 7) is 7.96. The van der Waals surface area contributed by atoms with Gasteiger partial charge in [-0.3, -0.25) is 19.7 Å². The zero-order chi connectivity index (χ0) is 27.5. The first-order chi connectivity index (χ1) is 18.2. The van der Waals surface area contributed by atoms with Crippen LogP contribution in [0.5, 0.6) is 0 Å². The van der Waals surface area contributed by atoms with Crippen molar-refractivity contribution in [1.29, 1.82) is 0 Å². The van der Waals surface area contributed by atoms with Crippen molar-refractivity contribution < 1.29 is 23.9 Å². The second kappa shape index (κ2) is 14.6. The summed E-state index contributed by atoms with van der Waals surface area (Å²) in [5.74, 6) is -0.609. The molecule has 3 atom stereocenters. The second-order valence-electron chi connectivity index (χ2n) is 10.4. The first kappa shape index (κ1) is 30.1. The number of carbonyl (C=O) groups excluding carboxylic acids is 3. The molecule has 3 unspecified atom stereocenters. The molecule has 2 aromatic rings. The van der Waals surface area contributed by atoms with E-state index < -0.39 is 23.7 Å². The van der Waals surface area contributed by atoms with Crippen molar-refractivity contribution in [2.24, 2.45) is 0 Å². The summed E-state index contributed by atoms with van der Waals surface area (Å²) in [7, 11) is 0. The molecule has 208 valence electrons. The van der Waals surface area contributed by atoms with Crippen LogP contribution in [0.3, 0.4) is 0 Å². The predicted octanol–water partition coefficient (Wildman–Crippen LogP) is 4.40. The van der Waals surface area contributed by atoms with Crippen LogP contribution in [0.2, 0.25) is 0 Å². The molecule has 3 rings (SSSR count). The number of unbranched alkanes of at least 4 members (excludes halogenated alkanes) is 1. The van der Waals surface area contributed by atoms with Gasteiger partial charge >= 0.3 is 11.9 Å². The molecule has 0 saturated carbocycles. The van der Waals surface area contributed by atoms with E-state index in [1.807, 2.05) is 42.6 Å². The molecule has 1 saturated heterocycles. The lowest BCUT2D eigenvalue weighted by atomic mass is 10.0. The molecule has 0 aliphatic carbocycles. The molecule has 0 radical (unpaired) electrons. The number of benzene rings is 1. The second-order valence-corrected chi connectivity index (χ2v) is 12.3. The van der Waals surface area contributed by atoms with Crippen molar-refractivity contribution in [1.82, 2.24) is 15.2 Å². The molecule has 1 aromatic carbocycles. The van der Waals surface area contributed by atoms with E-state index in [2.05, 4.69) is 10.3 Å². The van der Waals surface area contributed by atoms with Gasteiger partial charge in [0, 0.05) is 17.7 Å². The fraction of sp³-hybridized carbons (Fsp3) is 0.571. The lowest BCUT2D eigenvalue weighted by Crippen LogP contribution is -2.54. The van der Waals surface area contributed by atoms with Crippen LogP contribution < -0.4 is 5.32 Å². The normalized spacial score (nSPS) is 19.1. The first-order valence-electron chi connectivity index (χ1n) is 13.1. The third kappa shape index (κ3) is 9.71. The zero-order valence-corrected chi connectivity index (χ0v) is 24.3. The largest absolute Gasteiger partial charge is 0.465 e. The third-order valence-electron chi connectivity index (χ3n) is 5.97. The maximum absolute atomic E-state index is 13.7. The summed E-state index contributed by atoms with van der Waals surface area (Å²) >= 11 is 3.10. The van der Waals surface area contributed by atoms with Gasteiger partial charge in [0.1, 0.15) is 18.2 Å². The average molecular weight is 562 g/mol. The number of nitrogens with one attached hydrogen (secondary N) is 1. The van der Waals surface area contributed by atoms with Crippen molar-refractivity contribution in [3.63, 3.8) is 0 Å². The minimum atomic E-state index is -0.662. The molecular formula is C28H39N3O5S2. The Bertz CT molecular complexity index is 1030. The van der Waals surface area contributed by atoms with Gasteiger partial charge in [-0.05, 0) is 45.6 Å². The van der Waals surface area contributed by atoms with E-state index in [9.17, 15) is 14.4 Å². The van der Waals surface area contributed by atoms with Crippen LogP contribution in [0.25, 0.3) is 0 Å². The number of carbonyl (C=O) groups is 3. The molecule has 0 bridgehead atoms. The predicted molar refractivity (Wildman–Crippen MR) is 151 cm³/mol. The summed E-state index contributed by atoms with van der Waals surface area (Å²) in [6.07, 6.45) is 2.86. The van der Waals surface area contributed by atoms with Crippen LogP contribution in [-0.2, 0) is 30.3 Å². The van der Waals surface area contributed by atoms with Crippen molar-refractivity contribution in [3.05, 3.63) is 52.5 Å². The lowest BCUT2D eigenvalue weighted by molar-refractivity contribution is -0.159. The topological polar surface area (TPSA) is 97.8 Å². The maximum atomic E-state index is 13.7. The van der Waals surface area contributed by atoms with Crippen molar-refractivity contribution in [2.45, 2.75) is 76.3 Å². The molecule has 1 N–H and O–H groups in total. The number of aryl methyl sites for hydroxylation is 1. The Morgan fingerprint density at radius 1 is 1.24 bits per heavy atom. The number of amides is 1. The van der Waals surface area contributed by atoms with E-state index in [0.717, 1.165) is 24.1 Å². The Balaban J connectivity index is 1.78.